The molecule has 0 saturated heterocycles. The van der Waals surface area contributed by atoms with Gasteiger partial charge in [-0.2, -0.15) is 5.10 Å². The quantitative estimate of drug-likeness (QED) is 0.757. The zero-order valence-corrected chi connectivity index (χ0v) is 12.0. The van der Waals surface area contributed by atoms with E-state index in [1.165, 1.54) is 0 Å². The normalized spacial score (nSPS) is 12.4. The number of hydrogen-bond donors (Lipinski definition) is 1. The molecule has 0 aliphatic carbocycles. The number of hydrogen-bond acceptors (Lipinski definition) is 2. The second-order valence-electron chi connectivity index (χ2n) is 4.60. The number of nitrogens with one attached hydrogen (secondary N) is 1. The van der Waals surface area contributed by atoms with E-state index in [4.69, 9.17) is 0 Å². The second-order valence-corrected chi connectivity index (χ2v) is 4.60. The van der Waals surface area contributed by atoms with E-state index in [2.05, 4.69) is 37.3 Å². The predicted molar refractivity (Wildman–Crippen MR) is 73.6 cm³/mol. The fourth-order valence-electron chi connectivity index (χ4n) is 1.91. The van der Waals surface area contributed by atoms with E-state index < -0.39 is 0 Å². The summed E-state index contributed by atoms with van der Waals surface area (Å²) in [7, 11) is 0. The molecule has 1 amide bonds. The number of carbonyl (C=O) groups is 1. The average molecular weight is 251 g/mol. The number of aromatic nitrogens is 2. The van der Waals surface area contributed by atoms with Gasteiger partial charge in [-0.15, -0.1) is 0 Å². The van der Waals surface area contributed by atoms with Crippen LogP contribution in [0.5, 0.6) is 0 Å². The smallest absolute Gasteiger partial charge is 0.244 e. The van der Waals surface area contributed by atoms with Crippen LogP contribution in [0.25, 0.3) is 0 Å². The fourth-order valence-corrected chi connectivity index (χ4v) is 1.91. The third-order valence-electron chi connectivity index (χ3n) is 3.16. The molecular weight excluding hydrogens is 226 g/mol. The fraction of sp³-hybridized carbons (Fsp3) is 0.714. The molecule has 1 aromatic heterocycles. The van der Waals surface area contributed by atoms with E-state index in [0.717, 1.165) is 43.6 Å². The number of nitrogens with zero attached hydrogens (tertiary/aromatic N) is 2. The van der Waals surface area contributed by atoms with Crippen molar-refractivity contribution in [3.8, 4) is 0 Å². The Hall–Kier alpha value is -1.32. The molecule has 0 aromatic carbocycles. The molecule has 0 radical (unpaired) electrons. The lowest BCUT2D eigenvalue weighted by molar-refractivity contribution is -0.124. The van der Waals surface area contributed by atoms with Gasteiger partial charge >= 0.3 is 0 Å². The van der Waals surface area contributed by atoms with Crippen molar-refractivity contribution in [2.24, 2.45) is 0 Å². The van der Waals surface area contributed by atoms with E-state index in [1.54, 1.807) is 0 Å². The van der Waals surface area contributed by atoms with E-state index in [1.807, 2.05) is 11.6 Å². The number of aryl methyl sites for hydroxylation is 2. The number of carbonyl (C=O) groups excluding carboxylic acids is 1. The predicted octanol–water partition coefficient (Wildman–Crippen LogP) is 2.49. The van der Waals surface area contributed by atoms with Crippen LogP contribution in [0.3, 0.4) is 0 Å². The minimum Gasteiger partial charge on any atom is -0.354 e. The van der Waals surface area contributed by atoms with E-state index in [9.17, 15) is 4.79 Å². The molecule has 102 valence electrons. The van der Waals surface area contributed by atoms with Crippen LogP contribution in [0, 0.1) is 0 Å². The highest BCUT2D eigenvalue weighted by Gasteiger charge is 2.18. The minimum atomic E-state index is -0.225. The van der Waals surface area contributed by atoms with Crippen molar-refractivity contribution in [3.05, 3.63) is 17.5 Å². The van der Waals surface area contributed by atoms with Gasteiger partial charge in [0.25, 0.3) is 0 Å². The molecule has 0 saturated carbocycles. The molecule has 0 aliphatic rings. The molecule has 1 rings (SSSR count). The zero-order valence-electron chi connectivity index (χ0n) is 12.0. The van der Waals surface area contributed by atoms with Crippen LogP contribution in [0.2, 0.25) is 0 Å². The van der Waals surface area contributed by atoms with Crippen LogP contribution in [0.1, 0.15) is 58.0 Å². The molecule has 1 aromatic rings. The number of rotatable bonds is 7. The van der Waals surface area contributed by atoms with E-state index >= 15 is 0 Å². The largest absolute Gasteiger partial charge is 0.354 e. The van der Waals surface area contributed by atoms with Crippen molar-refractivity contribution in [2.75, 3.05) is 6.54 Å². The summed E-state index contributed by atoms with van der Waals surface area (Å²) in [6, 6.07) is 1.87. The van der Waals surface area contributed by atoms with Crippen molar-refractivity contribution in [2.45, 2.75) is 59.4 Å². The lowest BCUT2D eigenvalue weighted by atomic mass is 10.2. The Morgan fingerprint density at radius 3 is 2.67 bits per heavy atom. The molecular formula is C14H25N3O. The highest BCUT2D eigenvalue weighted by atomic mass is 16.2. The van der Waals surface area contributed by atoms with Crippen molar-refractivity contribution in [3.63, 3.8) is 0 Å². The molecule has 1 atom stereocenters. The summed E-state index contributed by atoms with van der Waals surface area (Å²) in [6.07, 6.45) is 3.93. The van der Waals surface area contributed by atoms with Crippen molar-refractivity contribution in [1.82, 2.24) is 15.1 Å². The second kappa shape index (κ2) is 7.19. The van der Waals surface area contributed by atoms with Crippen molar-refractivity contribution >= 4 is 5.91 Å². The van der Waals surface area contributed by atoms with Gasteiger partial charge in [-0.25, -0.2) is 0 Å². The van der Waals surface area contributed by atoms with Gasteiger partial charge in [0.1, 0.15) is 6.04 Å². The van der Waals surface area contributed by atoms with Gasteiger partial charge in [-0.1, -0.05) is 27.2 Å². The maximum absolute atomic E-state index is 12.0. The zero-order chi connectivity index (χ0) is 13.5. The average Bonchev–Trinajstić information content (AvgIpc) is 2.81. The first-order chi connectivity index (χ1) is 8.63. The van der Waals surface area contributed by atoms with Gasteiger partial charge in [0, 0.05) is 12.2 Å². The Kier molecular flexibility index (Phi) is 5.89. The molecule has 0 aliphatic heterocycles. The first-order valence-corrected chi connectivity index (χ1v) is 6.98. The first kappa shape index (κ1) is 14.7. The highest BCUT2D eigenvalue weighted by molar-refractivity contribution is 5.79. The third-order valence-corrected chi connectivity index (χ3v) is 3.16. The van der Waals surface area contributed by atoms with Gasteiger partial charge in [-0.3, -0.25) is 9.48 Å². The van der Waals surface area contributed by atoms with Crippen LogP contribution in [-0.2, 0) is 17.6 Å². The van der Waals surface area contributed by atoms with Crippen LogP contribution >= 0.6 is 0 Å². The standard InChI is InChI=1S/C14H25N3O/c1-5-8-9-15-14(18)11(4)17-13(7-3)10-12(6-2)16-17/h10-11H,5-9H2,1-4H3,(H,15,18). The Morgan fingerprint density at radius 1 is 1.39 bits per heavy atom. The number of amides is 1. The molecule has 4 heteroatoms. The Labute approximate surface area is 110 Å². The Balaban J connectivity index is 2.72. The number of unbranched alkanes of at least 4 members (excludes halogenated alkanes) is 1. The lowest BCUT2D eigenvalue weighted by Gasteiger charge is -2.15. The van der Waals surface area contributed by atoms with E-state index in [0.29, 0.717) is 0 Å². The molecule has 0 fully saturated rings. The maximum Gasteiger partial charge on any atom is 0.244 e. The lowest BCUT2D eigenvalue weighted by Crippen LogP contribution is -2.32. The summed E-state index contributed by atoms with van der Waals surface area (Å²) >= 11 is 0. The molecule has 0 bridgehead atoms. The van der Waals surface area contributed by atoms with Gasteiger partial charge in [0.2, 0.25) is 5.91 Å². The van der Waals surface area contributed by atoms with Crippen molar-refractivity contribution in [1.29, 1.82) is 0 Å². The molecule has 18 heavy (non-hydrogen) atoms. The summed E-state index contributed by atoms with van der Waals surface area (Å²) in [5, 5.41) is 7.47. The molecule has 0 spiro atoms. The first-order valence-electron chi connectivity index (χ1n) is 6.98. The summed E-state index contributed by atoms with van der Waals surface area (Å²) in [6.45, 7) is 8.95. The summed E-state index contributed by atoms with van der Waals surface area (Å²) < 4.78 is 1.86. The van der Waals surface area contributed by atoms with Crippen LogP contribution in [0.4, 0.5) is 0 Å². The van der Waals surface area contributed by atoms with Gasteiger partial charge in [-0.05, 0) is 32.3 Å². The summed E-state index contributed by atoms with van der Waals surface area (Å²) in [5.74, 6) is 0.0592. The van der Waals surface area contributed by atoms with Gasteiger partial charge < -0.3 is 5.32 Å². The summed E-state index contributed by atoms with van der Waals surface area (Å²) in [4.78, 5) is 12.0. The van der Waals surface area contributed by atoms with Crippen LogP contribution in [0.15, 0.2) is 6.07 Å². The molecule has 1 heterocycles. The topological polar surface area (TPSA) is 46.9 Å². The molecule has 1 N–H and O–H groups in total. The Morgan fingerprint density at radius 2 is 2.11 bits per heavy atom. The van der Waals surface area contributed by atoms with Crippen LogP contribution in [-0.4, -0.2) is 22.2 Å². The Bertz CT molecular complexity index is 384. The monoisotopic (exact) mass is 251 g/mol. The summed E-state index contributed by atoms with van der Waals surface area (Å²) in [5.41, 5.74) is 2.19. The van der Waals surface area contributed by atoms with Gasteiger partial charge in [0.05, 0.1) is 5.69 Å². The van der Waals surface area contributed by atoms with E-state index in [-0.39, 0.29) is 11.9 Å². The third kappa shape index (κ3) is 3.59. The minimum absolute atomic E-state index is 0.0592. The van der Waals surface area contributed by atoms with Gasteiger partial charge in [0.15, 0.2) is 0 Å². The van der Waals surface area contributed by atoms with Crippen LogP contribution < -0.4 is 5.32 Å². The SMILES string of the molecule is CCCCNC(=O)C(C)n1nc(CC)cc1CC. The molecule has 4 nitrogen and oxygen atoms in total. The van der Waals surface area contributed by atoms with Crippen molar-refractivity contribution < 1.29 is 4.79 Å². The highest BCUT2D eigenvalue weighted by Crippen LogP contribution is 2.13. The molecule has 1 unspecified atom stereocenters. The maximum atomic E-state index is 12.0.